The second kappa shape index (κ2) is 8.25. The molecule has 1 amide bonds. The van der Waals surface area contributed by atoms with Crippen molar-refractivity contribution >= 4 is 17.5 Å². The molecular weight excluding hydrogens is 390 g/mol. The number of carbonyl (C=O) groups excluding carboxylic acids is 1. The SMILES string of the molecule is COc1ccc(CC(=O)N2CCCC2c2nc(-c3ccc(C)cc3)no2)cc1Cl. The number of aryl methyl sites for hydroxylation is 1. The van der Waals surface area contributed by atoms with E-state index >= 15 is 0 Å². The highest BCUT2D eigenvalue weighted by atomic mass is 35.5. The summed E-state index contributed by atoms with van der Waals surface area (Å²) in [4.78, 5) is 19.3. The summed E-state index contributed by atoms with van der Waals surface area (Å²) in [6.07, 6.45) is 1.98. The van der Waals surface area contributed by atoms with Gasteiger partial charge in [0, 0.05) is 12.1 Å². The predicted octanol–water partition coefficient (Wildman–Crippen LogP) is 4.61. The summed E-state index contributed by atoms with van der Waals surface area (Å²) in [6, 6.07) is 13.2. The summed E-state index contributed by atoms with van der Waals surface area (Å²) >= 11 is 6.18. The first kappa shape index (κ1) is 19.5. The molecule has 0 spiro atoms. The summed E-state index contributed by atoms with van der Waals surface area (Å²) < 4.78 is 10.7. The van der Waals surface area contributed by atoms with E-state index in [-0.39, 0.29) is 18.4 Å². The Balaban J connectivity index is 1.49. The molecule has 0 saturated carbocycles. The third-order valence-electron chi connectivity index (χ3n) is 5.18. The number of ether oxygens (including phenoxy) is 1. The Morgan fingerprint density at radius 2 is 2.07 bits per heavy atom. The molecule has 1 fully saturated rings. The monoisotopic (exact) mass is 411 g/mol. The standard InChI is InChI=1S/C22H22ClN3O3/c1-14-5-8-16(9-6-14)21-24-22(29-25-21)18-4-3-11-26(18)20(27)13-15-7-10-19(28-2)17(23)12-15/h5-10,12,18H,3-4,11,13H2,1-2H3. The average molecular weight is 412 g/mol. The number of hydrogen-bond donors (Lipinski definition) is 0. The maximum absolute atomic E-state index is 12.9. The summed E-state index contributed by atoms with van der Waals surface area (Å²) in [7, 11) is 1.57. The summed E-state index contributed by atoms with van der Waals surface area (Å²) in [6.45, 7) is 2.71. The van der Waals surface area contributed by atoms with Crippen LogP contribution < -0.4 is 4.74 Å². The lowest BCUT2D eigenvalue weighted by Crippen LogP contribution is -2.32. The van der Waals surface area contributed by atoms with Gasteiger partial charge in [-0.3, -0.25) is 4.79 Å². The van der Waals surface area contributed by atoms with Crippen LogP contribution in [-0.4, -0.2) is 34.6 Å². The number of aromatic nitrogens is 2. The molecule has 7 heteroatoms. The van der Waals surface area contributed by atoms with Gasteiger partial charge in [0.1, 0.15) is 11.8 Å². The fourth-order valence-corrected chi connectivity index (χ4v) is 3.89. The zero-order valence-electron chi connectivity index (χ0n) is 16.4. The number of amides is 1. The van der Waals surface area contributed by atoms with E-state index in [1.807, 2.05) is 42.2 Å². The molecule has 2 aromatic carbocycles. The molecule has 6 nitrogen and oxygen atoms in total. The van der Waals surface area contributed by atoms with Crippen LogP contribution in [0, 0.1) is 6.92 Å². The lowest BCUT2D eigenvalue weighted by molar-refractivity contribution is -0.131. The van der Waals surface area contributed by atoms with E-state index < -0.39 is 0 Å². The number of benzene rings is 2. The lowest BCUT2D eigenvalue weighted by atomic mass is 10.1. The van der Waals surface area contributed by atoms with Gasteiger partial charge in [0.05, 0.1) is 18.6 Å². The Bertz CT molecular complexity index is 1020. The molecule has 1 aliphatic heterocycles. The Hall–Kier alpha value is -2.86. The largest absolute Gasteiger partial charge is 0.495 e. The Kier molecular flexibility index (Phi) is 5.53. The third-order valence-corrected chi connectivity index (χ3v) is 5.48. The van der Waals surface area contributed by atoms with Gasteiger partial charge in [0.2, 0.25) is 17.6 Å². The zero-order valence-corrected chi connectivity index (χ0v) is 17.1. The Morgan fingerprint density at radius 3 is 2.79 bits per heavy atom. The lowest BCUT2D eigenvalue weighted by Gasteiger charge is -2.22. The van der Waals surface area contributed by atoms with Crippen LogP contribution in [0.1, 0.15) is 35.9 Å². The molecule has 4 rings (SSSR count). The van der Waals surface area contributed by atoms with Gasteiger partial charge in [-0.2, -0.15) is 4.98 Å². The maximum Gasteiger partial charge on any atom is 0.249 e. The number of rotatable bonds is 5. The van der Waals surface area contributed by atoms with Gasteiger partial charge in [-0.05, 0) is 37.5 Å². The first-order chi connectivity index (χ1) is 14.0. The second-order valence-corrected chi connectivity index (χ2v) is 7.62. The number of nitrogens with zero attached hydrogens (tertiary/aromatic N) is 3. The van der Waals surface area contributed by atoms with E-state index in [4.69, 9.17) is 20.9 Å². The molecule has 150 valence electrons. The highest BCUT2D eigenvalue weighted by Crippen LogP contribution is 2.33. The van der Waals surface area contributed by atoms with Crippen LogP contribution in [0.3, 0.4) is 0 Å². The number of methoxy groups -OCH3 is 1. The van der Waals surface area contributed by atoms with Crippen molar-refractivity contribution in [2.45, 2.75) is 32.2 Å². The van der Waals surface area contributed by atoms with Gasteiger partial charge >= 0.3 is 0 Å². The first-order valence-electron chi connectivity index (χ1n) is 9.57. The van der Waals surface area contributed by atoms with E-state index in [0.717, 1.165) is 24.0 Å². The Labute approximate surface area is 174 Å². The molecule has 1 atom stereocenters. The third kappa shape index (κ3) is 4.12. The molecule has 0 bridgehead atoms. The number of carbonyl (C=O) groups is 1. The van der Waals surface area contributed by atoms with Crippen LogP contribution >= 0.6 is 11.6 Å². The first-order valence-corrected chi connectivity index (χ1v) is 9.95. The minimum atomic E-state index is -0.192. The van der Waals surface area contributed by atoms with Crippen LogP contribution in [0.25, 0.3) is 11.4 Å². The van der Waals surface area contributed by atoms with Crippen molar-refractivity contribution < 1.29 is 14.1 Å². The molecule has 1 unspecified atom stereocenters. The normalized spacial score (nSPS) is 16.2. The van der Waals surface area contributed by atoms with Crippen LogP contribution in [-0.2, 0) is 11.2 Å². The molecule has 3 aromatic rings. The van der Waals surface area contributed by atoms with Gasteiger partial charge in [-0.1, -0.05) is 52.7 Å². The number of likely N-dealkylation sites (tertiary alicyclic amines) is 1. The van der Waals surface area contributed by atoms with E-state index in [2.05, 4.69) is 10.1 Å². The summed E-state index contributed by atoms with van der Waals surface area (Å²) in [5.41, 5.74) is 2.91. The zero-order chi connectivity index (χ0) is 20.4. The van der Waals surface area contributed by atoms with Crippen molar-refractivity contribution in [2.24, 2.45) is 0 Å². The fourth-order valence-electron chi connectivity index (χ4n) is 3.61. The molecule has 0 aliphatic carbocycles. The quantitative estimate of drug-likeness (QED) is 0.613. The number of halogens is 1. The highest BCUT2D eigenvalue weighted by molar-refractivity contribution is 6.32. The van der Waals surface area contributed by atoms with Crippen LogP contribution in [0.4, 0.5) is 0 Å². The molecule has 1 aromatic heterocycles. The maximum atomic E-state index is 12.9. The van der Waals surface area contributed by atoms with Crippen molar-refractivity contribution in [3.8, 4) is 17.1 Å². The molecule has 0 N–H and O–H groups in total. The van der Waals surface area contributed by atoms with Crippen LogP contribution in [0.5, 0.6) is 5.75 Å². The molecular formula is C22H22ClN3O3. The number of hydrogen-bond acceptors (Lipinski definition) is 5. The van der Waals surface area contributed by atoms with Gasteiger partial charge in [0.25, 0.3) is 0 Å². The van der Waals surface area contributed by atoms with E-state index in [1.165, 1.54) is 5.56 Å². The van der Waals surface area contributed by atoms with Crippen LogP contribution in [0.2, 0.25) is 5.02 Å². The second-order valence-electron chi connectivity index (χ2n) is 7.21. The van der Waals surface area contributed by atoms with Gasteiger partial charge in [-0.25, -0.2) is 0 Å². The van der Waals surface area contributed by atoms with Gasteiger partial charge in [0.15, 0.2) is 0 Å². The summed E-state index contributed by atoms with van der Waals surface area (Å²) in [5.74, 6) is 1.64. The summed E-state index contributed by atoms with van der Waals surface area (Å²) in [5, 5.41) is 4.61. The molecule has 1 saturated heterocycles. The van der Waals surface area contributed by atoms with E-state index in [0.29, 0.717) is 29.0 Å². The minimum Gasteiger partial charge on any atom is -0.495 e. The molecule has 2 heterocycles. The average Bonchev–Trinajstić information content (AvgIpc) is 3.38. The predicted molar refractivity (Wildman–Crippen MR) is 110 cm³/mol. The van der Waals surface area contributed by atoms with E-state index in [1.54, 1.807) is 19.2 Å². The smallest absolute Gasteiger partial charge is 0.249 e. The van der Waals surface area contributed by atoms with E-state index in [9.17, 15) is 4.79 Å². The van der Waals surface area contributed by atoms with Gasteiger partial charge < -0.3 is 14.2 Å². The molecule has 0 radical (unpaired) electrons. The van der Waals surface area contributed by atoms with Gasteiger partial charge in [-0.15, -0.1) is 0 Å². The van der Waals surface area contributed by atoms with Crippen molar-refractivity contribution in [3.63, 3.8) is 0 Å². The Morgan fingerprint density at radius 1 is 1.28 bits per heavy atom. The molecule has 29 heavy (non-hydrogen) atoms. The highest BCUT2D eigenvalue weighted by Gasteiger charge is 2.34. The molecule has 1 aliphatic rings. The minimum absolute atomic E-state index is 0.0174. The van der Waals surface area contributed by atoms with Crippen LogP contribution in [0.15, 0.2) is 47.0 Å². The van der Waals surface area contributed by atoms with Crippen molar-refractivity contribution in [1.29, 1.82) is 0 Å². The van der Waals surface area contributed by atoms with Crippen molar-refractivity contribution in [1.82, 2.24) is 15.0 Å². The van der Waals surface area contributed by atoms with Crippen molar-refractivity contribution in [3.05, 3.63) is 64.5 Å². The topological polar surface area (TPSA) is 68.5 Å². The van der Waals surface area contributed by atoms with Crippen molar-refractivity contribution in [2.75, 3.05) is 13.7 Å². The fraction of sp³-hybridized carbons (Fsp3) is 0.318.